The van der Waals surface area contributed by atoms with Crippen molar-refractivity contribution in [2.24, 2.45) is 5.41 Å². The molecule has 1 rings (SSSR count). The molecule has 20 heavy (non-hydrogen) atoms. The Morgan fingerprint density at radius 2 is 1.60 bits per heavy atom. The minimum atomic E-state index is -4.37. The van der Waals surface area contributed by atoms with Crippen LogP contribution in [0, 0.1) is 28.1 Å². The second kappa shape index (κ2) is 6.43. The molecular formula is C15H15F3N2. The summed E-state index contributed by atoms with van der Waals surface area (Å²) in [5.74, 6) is 0. The van der Waals surface area contributed by atoms with Crippen molar-refractivity contribution >= 4 is 0 Å². The Balaban J connectivity index is 2.91. The van der Waals surface area contributed by atoms with Gasteiger partial charge in [0.05, 0.1) is 17.7 Å². The molecular weight excluding hydrogens is 265 g/mol. The second-order valence-electron chi connectivity index (χ2n) is 4.78. The normalized spacial score (nSPS) is 11.7. The predicted octanol–water partition coefficient (Wildman–Crippen LogP) is 4.47. The largest absolute Gasteiger partial charge is 0.416 e. The molecule has 0 aliphatic heterocycles. The minimum Gasteiger partial charge on any atom is -0.197 e. The third-order valence-electron chi connectivity index (χ3n) is 3.17. The fourth-order valence-corrected chi connectivity index (χ4v) is 1.94. The van der Waals surface area contributed by atoms with Crippen LogP contribution in [0.3, 0.4) is 0 Å². The van der Waals surface area contributed by atoms with Crippen molar-refractivity contribution in [1.29, 1.82) is 10.5 Å². The zero-order valence-electron chi connectivity index (χ0n) is 11.2. The Bertz CT molecular complexity index is 504. The summed E-state index contributed by atoms with van der Waals surface area (Å²) in [4.78, 5) is 0. The van der Waals surface area contributed by atoms with Crippen molar-refractivity contribution in [3.8, 4) is 12.1 Å². The van der Waals surface area contributed by atoms with E-state index in [2.05, 4.69) is 0 Å². The van der Waals surface area contributed by atoms with Gasteiger partial charge in [-0.2, -0.15) is 23.7 Å². The first kappa shape index (κ1) is 16.0. The molecule has 0 fully saturated rings. The molecule has 1 aromatic carbocycles. The Labute approximate surface area is 116 Å². The van der Waals surface area contributed by atoms with Gasteiger partial charge >= 0.3 is 6.18 Å². The first-order chi connectivity index (χ1) is 9.37. The summed E-state index contributed by atoms with van der Waals surface area (Å²) in [7, 11) is 0. The van der Waals surface area contributed by atoms with E-state index in [-0.39, 0.29) is 6.42 Å². The molecule has 0 N–H and O–H groups in total. The number of nitrogens with zero attached hydrogens (tertiary/aromatic N) is 2. The Morgan fingerprint density at radius 3 is 2.00 bits per heavy atom. The number of nitriles is 2. The lowest BCUT2D eigenvalue weighted by Crippen LogP contribution is -2.19. The fraction of sp³-hybridized carbons (Fsp3) is 0.467. The number of alkyl halides is 3. The number of unbranched alkanes of at least 4 members (excludes halogenated alkanes) is 1. The predicted molar refractivity (Wildman–Crippen MR) is 68.3 cm³/mol. The van der Waals surface area contributed by atoms with Crippen molar-refractivity contribution in [3.63, 3.8) is 0 Å². The summed E-state index contributed by atoms with van der Waals surface area (Å²) in [6.45, 7) is 1.96. The molecule has 1 aromatic rings. The average molecular weight is 280 g/mol. The van der Waals surface area contributed by atoms with Gasteiger partial charge in [-0.1, -0.05) is 31.9 Å². The lowest BCUT2D eigenvalue weighted by Gasteiger charge is -2.18. The first-order valence-corrected chi connectivity index (χ1v) is 6.35. The summed E-state index contributed by atoms with van der Waals surface area (Å²) in [6, 6.07) is 8.64. The number of hydrogen-bond donors (Lipinski definition) is 0. The van der Waals surface area contributed by atoms with Crippen LogP contribution in [0.4, 0.5) is 13.2 Å². The van der Waals surface area contributed by atoms with E-state index in [0.717, 1.165) is 25.0 Å². The summed E-state index contributed by atoms with van der Waals surface area (Å²) >= 11 is 0. The maximum atomic E-state index is 12.5. The second-order valence-corrected chi connectivity index (χ2v) is 4.78. The highest BCUT2D eigenvalue weighted by Crippen LogP contribution is 2.31. The van der Waals surface area contributed by atoms with Gasteiger partial charge in [-0.15, -0.1) is 0 Å². The molecule has 0 aromatic heterocycles. The van der Waals surface area contributed by atoms with Gasteiger partial charge in [0.15, 0.2) is 0 Å². The molecule has 0 spiro atoms. The molecule has 2 nitrogen and oxygen atoms in total. The molecule has 0 atom stereocenters. The van der Waals surface area contributed by atoms with Crippen molar-refractivity contribution in [3.05, 3.63) is 35.4 Å². The zero-order valence-corrected chi connectivity index (χ0v) is 11.2. The first-order valence-electron chi connectivity index (χ1n) is 6.35. The molecule has 0 saturated carbocycles. The highest BCUT2D eigenvalue weighted by Gasteiger charge is 2.32. The third-order valence-corrected chi connectivity index (χ3v) is 3.17. The Kier molecular flexibility index (Phi) is 5.16. The van der Waals surface area contributed by atoms with E-state index in [1.165, 1.54) is 12.1 Å². The van der Waals surface area contributed by atoms with Gasteiger partial charge in [-0.05, 0) is 24.1 Å². The van der Waals surface area contributed by atoms with E-state index < -0.39 is 17.2 Å². The van der Waals surface area contributed by atoms with Crippen molar-refractivity contribution in [2.45, 2.75) is 38.8 Å². The van der Waals surface area contributed by atoms with Crippen LogP contribution in [-0.4, -0.2) is 0 Å². The molecule has 0 aliphatic rings. The van der Waals surface area contributed by atoms with Gasteiger partial charge in [0.1, 0.15) is 5.41 Å². The highest BCUT2D eigenvalue weighted by molar-refractivity contribution is 5.28. The van der Waals surface area contributed by atoms with Gasteiger partial charge in [-0.3, -0.25) is 0 Å². The molecule has 106 valence electrons. The Hall–Kier alpha value is -2.01. The summed E-state index contributed by atoms with van der Waals surface area (Å²) in [5, 5.41) is 18.4. The molecule has 0 unspecified atom stereocenters. The van der Waals surface area contributed by atoms with E-state index in [1.807, 2.05) is 19.1 Å². The van der Waals surface area contributed by atoms with Gasteiger partial charge in [0.25, 0.3) is 0 Å². The number of benzene rings is 1. The smallest absolute Gasteiger partial charge is 0.197 e. The topological polar surface area (TPSA) is 47.6 Å². The van der Waals surface area contributed by atoms with E-state index in [0.29, 0.717) is 12.0 Å². The molecule has 0 heterocycles. The van der Waals surface area contributed by atoms with Crippen molar-refractivity contribution < 1.29 is 13.2 Å². The van der Waals surface area contributed by atoms with E-state index in [4.69, 9.17) is 0 Å². The van der Waals surface area contributed by atoms with E-state index >= 15 is 0 Å². The quantitative estimate of drug-likeness (QED) is 0.798. The molecule has 0 aliphatic carbocycles. The summed E-state index contributed by atoms with van der Waals surface area (Å²) in [5.41, 5.74) is -1.32. The van der Waals surface area contributed by atoms with Crippen LogP contribution in [0.5, 0.6) is 0 Å². The third kappa shape index (κ3) is 3.99. The number of halogens is 3. The van der Waals surface area contributed by atoms with E-state index in [1.54, 1.807) is 0 Å². The molecule has 5 heteroatoms. The monoisotopic (exact) mass is 280 g/mol. The van der Waals surface area contributed by atoms with Crippen LogP contribution in [0.1, 0.15) is 37.3 Å². The van der Waals surface area contributed by atoms with Crippen LogP contribution >= 0.6 is 0 Å². The number of hydrogen-bond acceptors (Lipinski definition) is 2. The molecule has 0 radical (unpaired) electrons. The zero-order chi connectivity index (χ0) is 15.2. The standard InChI is InChI=1S/C15H15F3N2/c1-2-3-8-14(10-19,11-20)9-12-4-6-13(7-5-12)15(16,17)18/h4-7H,2-3,8-9H2,1H3. The average Bonchev–Trinajstić information content (AvgIpc) is 2.43. The van der Waals surface area contributed by atoms with E-state index in [9.17, 15) is 23.7 Å². The maximum absolute atomic E-state index is 12.5. The minimum absolute atomic E-state index is 0.151. The van der Waals surface area contributed by atoms with Crippen LogP contribution < -0.4 is 0 Å². The lowest BCUT2D eigenvalue weighted by molar-refractivity contribution is -0.137. The van der Waals surface area contributed by atoms with Crippen LogP contribution in [0.25, 0.3) is 0 Å². The summed E-state index contributed by atoms with van der Waals surface area (Å²) in [6.07, 6.45) is -2.20. The van der Waals surface area contributed by atoms with Crippen LogP contribution in [0.2, 0.25) is 0 Å². The molecule has 0 saturated heterocycles. The van der Waals surface area contributed by atoms with Crippen molar-refractivity contribution in [1.82, 2.24) is 0 Å². The Morgan fingerprint density at radius 1 is 1.05 bits per heavy atom. The van der Waals surface area contributed by atoms with Crippen molar-refractivity contribution in [2.75, 3.05) is 0 Å². The molecule has 0 amide bonds. The van der Waals surface area contributed by atoms with Crippen LogP contribution in [0.15, 0.2) is 24.3 Å². The fourth-order valence-electron chi connectivity index (χ4n) is 1.94. The van der Waals surface area contributed by atoms with Gasteiger partial charge in [0.2, 0.25) is 0 Å². The van der Waals surface area contributed by atoms with Crippen LogP contribution in [-0.2, 0) is 12.6 Å². The van der Waals surface area contributed by atoms with Gasteiger partial charge in [-0.25, -0.2) is 0 Å². The lowest BCUT2D eigenvalue weighted by atomic mass is 9.80. The maximum Gasteiger partial charge on any atom is 0.416 e. The number of rotatable bonds is 5. The van der Waals surface area contributed by atoms with Gasteiger partial charge < -0.3 is 0 Å². The van der Waals surface area contributed by atoms with Gasteiger partial charge in [0, 0.05) is 6.42 Å². The summed E-state index contributed by atoms with van der Waals surface area (Å²) < 4.78 is 37.4. The SMILES string of the molecule is CCCCC(C#N)(C#N)Cc1ccc(C(F)(F)F)cc1. The highest BCUT2D eigenvalue weighted by atomic mass is 19.4. The molecule has 0 bridgehead atoms.